The first-order valence-electron chi connectivity index (χ1n) is 6.20. The molecule has 2 aromatic carbocycles. The topological polar surface area (TPSA) is 29.1 Å². The summed E-state index contributed by atoms with van der Waals surface area (Å²) >= 11 is 15.2. The monoisotopic (exact) mass is 383 g/mol. The van der Waals surface area contributed by atoms with E-state index in [0.29, 0.717) is 16.6 Å². The number of nitrogens with one attached hydrogen (secondary N) is 1. The van der Waals surface area contributed by atoms with Gasteiger partial charge in [-0.05, 0) is 41.5 Å². The number of benzene rings is 2. The molecule has 0 heterocycles. The van der Waals surface area contributed by atoms with Crippen LogP contribution >= 0.6 is 39.1 Å². The molecule has 0 spiro atoms. The number of carbonyl (C=O) groups excluding carboxylic acids is 1. The standard InChI is InChI=1S/C16H12BrCl2NO/c17-13-5-1-11(2-6-13)3-8-16(21)20-10-12-4-7-14(18)9-15(12)19/h1-9H,10H2,(H,20,21)/b8-3+. The van der Waals surface area contributed by atoms with Crippen molar-refractivity contribution in [2.45, 2.75) is 6.54 Å². The lowest BCUT2D eigenvalue weighted by atomic mass is 10.2. The average molecular weight is 385 g/mol. The van der Waals surface area contributed by atoms with Gasteiger partial charge >= 0.3 is 0 Å². The van der Waals surface area contributed by atoms with E-state index in [1.807, 2.05) is 24.3 Å². The fourth-order valence-corrected chi connectivity index (χ4v) is 2.39. The van der Waals surface area contributed by atoms with Gasteiger partial charge in [0.1, 0.15) is 0 Å². The third-order valence-electron chi connectivity index (χ3n) is 2.77. The van der Waals surface area contributed by atoms with Crippen molar-refractivity contribution in [3.8, 4) is 0 Å². The fourth-order valence-electron chi connectivity index (χ4n) is 1.65. The Morgan fingerprint density at radius 2 is 1.86 bits per heavy atom. The second-order valence-corrected chi connectivity index (χ2v) is 6.10. The van der Waals surface area contributed by atoms with Gasteiger partial charge in [-0.2, -0.15) is 0 Å². The van der Waals surface area contributed by atoms with Crippen LogP contribution in [-0.4, -0.2) is 5.91 Å². The van der Waals surface area contributed by atoms with Crippen LogP contribution in [0, 0.1) is 0 Å². The minimum absolute atomic E-state index is 0.177. The summed E-state index contributed by atoms with van der Waals surface area (Å²) < 4.78 is 1.00. The maximum Gasteiger partial charge on any atom is 0.244 e. The Balaban J connectivity index is 1.91. The molecule has 1 N–H and O–H groups in total. The van der Waals surface area contributed by atoms with Gasteiger partial charge in [-0.25, -0.2) is 0 Å². The maximum atomic E-state index is 11.8. The van der Waals surface area contributed by atoms with Gasteiger partial charge in [0.25, 0.3) is 0 Å². The SMILES string of the molecule is O=C(/C=C/c1ccc(Br)cc1)NCc1ccc(Cl)cc1Cl. The third-order valence-corrected chi connectivity index (χ3v) is 3.88. The molecule has 0 aliphatic heterocycles. The van der Waals surface area contributed by atoms with Crippen molar-refractivity contribution in [3.63, 3.8) is 0 Å². The molecule has 108 valence electrons. The lowest BCUT2D eigenvalue weighted by Gasteiger charge is -2.05. The zero-order chi connectivity index (χ0) is 15.2. The summed E-state index contributed by atoms with van der Waals surface area (Å²) in [6.45, 7) is 0.361. The molecule has 0 bridgehead atoms. The van der Waals surface area contributed by atoms with Crippen LogP contribution in [-0.2, 0) is 11.3 Å². The van der Waals surface area contributed by atoms with Crippen molar-refractivity contribution in [1.29, 1.82) is 0 Å². The molecule has 0 atom stereocenters. The van der Waals surface area contributed by atoms with Crippen LogP contribution in [0.15, 0.2) is 53.0 Å². The van der Waals surface area contributed by atoms with Crippen molar-refractivity contribution in [1.82, 2.24) is 5.32 Å². The zero-order valence-electron chi connectivity index (χ0n) is 10.9. The summed E-state index contributed by atoms with van der Waals surface area (Å²) in [5.74, 6) is -0.177. The molecule has 0 fully saturated rings. The van der Waals surface area contributed by atoms with E-state index in [2.05, 4.69) is 21.2 Å². The molecular weight excluding hydrogens is 373 g/mol. The van der Waals surface area contributed by atoms with Crippen LogP contribution in [0.5, 0.6) is 0 Å². The minimum Gasteiger partial charge on any atom is -0.348 e. The van der Waals surface area contributed by atoms with Crippen molar-refractivity contribution >= 4 is 51.1 Å². The van der Waals surface area contributed by atoms with Gasteiger partial charge in [0.05, 0.1) is 0 Å². The zero-order valence-corrected chi connectivity index (χ0v) is 14.0. The molecule has 0 aromatic heterocycles. The normalized spacial score (nSPS) is 10.8. The summed E-state index contributed by atoms with van der Waals surface area (Å²) in [6, 6.07) is 12.9. The molecule has 5 heteroatoms. The second-order valence-electron chi connectivity index (χ2n) is 4.34. The second kappa shape index (κ2) is 7.64. The summed E-state index contributed by atoms with van der Waals surface area (Å²) in [5, 5.41) is 3.89. The van der Waals surface area contributed by atoms with E-state index in [4.69, 9.17) is 23.2 Å². The summed E-state index contributed by atoms with van der Waals surface area (Å²) in [6.07, 6.45) is 3.25. The van der Waals surface area contributed by atoms with Crippen LogP contribution in [0.25, 0.3) is 6.08 Å². The van der Waals surface area contributed by atoms with E-state index in [-0.39, 0.29) is 5.91 Å². The lowest BCUT2D eigenvalue weighted by Crippen LogP contribution is -2.20. The van der Waals surface area contributed by atoms with Crippen LogP contribution in [0.1, 0.15) is 11.1 Å². The molecule has 2 nitrogen and oxygen atoms in total. The first-order chi connectivity index (χ1) is 10.0. The third kappa shape index (κ3) is 5.20. The minimum atomic E-state index is -0.177. The largest absolute Gasteiger partial charge is 0.348 e. The fraction of sp³-hybridized carbons (Fsp3) is 0.0625. The first-order valence-corrected chi connectivity index (χ1v) is 7.75. The Hall–Kier alpha value is -1.29. The lowest BCUT2D eigenvalue weighted by molar-refractivity contribution is -0.116. The number of carbonyl (C=O) groups is 1. The molecule has 0 radical (unpaired) electrons. The molecule has 0 saturated carbocycles. The number of hydrogen-bond acceptors (Lipinski definition) is 1. The van der Waals surface area contributed by atoms with E-state index >= 15 is 0 Å². The highest BCUT2D eigenvalue weighted by Gasteiger charge is 2.02. The molecule has 0 aliphatic carbocycles. The average Bonchev–Trinajstić information content (AvgIpc) is 2.46. The Morgan fingerprint density at radius 1 is 1.14 bits per heavy atom. The number of rotatable bonds is 4. The van der Waals surface area contributed by atoms with E-state index in [0.717, 1.165) is 15.6 Å². The Bertz CT molecular complexity index is 668. The highest BCUT2D eigenvalue weighted by molar-refractivity contribution is 9.10. The number of halogens is 3. The molecule has 21 heavy (non-hydrogen) atoms. The van der Waals surface area contributed by atoms with E-state index in [1.54, 1.807) is 24.3 Å². The van der Waals surface area contributed by atoms with Crippen LogP contribution in [0.2, 0.25) is 10.0 Å². The number of amides is 1. The molecule has 0 unspecified atom stereocenters. The molecule has 2 aromatic rings. The van der Waals surface area contributed by atoms with Crippen LogP contribution in [0.4, 0.5) is 0 Å². The van der Waals surface area contributed by atoms with Crippen LogP contribution in [0.3, 0.4) is 0 Å². The molecule has 0 aliphatic rings. The predicted molar refractivity (Wildman–Crippen MR) is 91.5 cm³/mol. The van der Waals surface area contributed by atoms with Gasteiger partial charge in [-0.1, -0.05) is 57.3 Å². The van der Waals surface area contributed by atoms with Crippen molar-refractivity contribution in [2.75, 3.05) is 0 Å². The van der Waals surface area contributed by atoms with Gasteiger partial charge in [0.2, 0.25) is 5.91 Å². The number of hydrogen-bond donors (Lipinski definition) is 1. The Kier molecular flexibility index (Phi) is 5.85. The highest BCUT2D eigenvalue weighted by atomic mass is 79.9. The molecular formula is C16H12BrCl2NO. The van der Waals surface area contributed by atoms with Gasteiger partial charge in [0, 0.05) is 27.1 Å². The highest BCUT2D eigenvalue weighted by Crippen LogP contribution is 2.20. The smallest absolute Gasteiger partial charge is 0.244 e. The first kappa shape index (κ1) is 16.1. The van der Waals surface area contributed by atoms with Crippen molar-refractivity contribution in [3.05, 3.63) is 74.2 Å². The van der Waals surface area contributed by atoms with Gasteiger partial charge < -0.3 is 5.32 Å². The van der Waals surface area contributed by atoms with Gasteiger partial charge in [0.15, 0.2) is 0 Å². The predicted octanol–water partition coefficient (Wildman–Crippen LogP) is 5.09. The van der Waals surface area contributed by atoms with Gasteiger partial charge in [-0.15, -0.1) is 0 Å². The molecule has 0 saturated heterocycles. The summed E-state index contributed by atoms with van der Waals surface area (Å²) in [5.41, 5.74) is 1.78. The van der Waals surface area contributed by atoms with Crippen molar-refractivity contribution in [2.24, 2.45) is 0 Å². The quantitative estimate of drug-likeness (QED) is 0.731. The van der Waals surface area contributed by atoms with Crippen molar-refractivity contribution < 1.29 is 4.79 Å². The maximum absolute atomic E-state index is 11.8. The Labute approximate surface area is 141 Å². The van der Waals surface area contributed by atoms with E-state index in [1.165, 1.54) is 6.08 Å². The molecule has 2 rings (SSSR count). The summed E-state index contributed by atoms with van der Waals surface area (Å²) in [4.78, 5) is 11.8. The van der Waals surface area contributed by atoms with E-state index in [9.17, 15) is 4.79 Å². The molecule has 1 amide bonds. The van der Waals surface area contributed by atoms with Gasteiger partial charge in [-0.3, -0.25) is 4.79 Å². The van der Waals surface area contributed by atoms with Crippen LogP contribution < -0.4 is 5.32 Å². The summed E-state index contributed by atoms with van der Waals surface area (Å²) in [7, 11) is 0. The Morgan fingerprint density at radius 3 is 2.52 bits per heavy atom. The van der Waals surface area contributed by atoms with E-state index < -0.39 is 0 Å².